The highest BCUT2D eigenvalue weighted by Gasteiger charge is 2.37. The van der Waals surface area contributed by atoms with Crippen molar-refractivity contribution in [2.75, 3.05) is 18.1 Å². The molecule has 0 bridgehead atoms. The number of hydrogen-bond acceptors (Lipinski definition) is 14. The van der Waals surface area contributed by atoms with E-state index in [4.69, 9.17) is 33.2 Å². The zero-order chi connectivity index (χ0) is 29.2. The Kier molecular flexibility index (Phi) is 13.3. The van der Waals surface area contributed by atoms with Crippen molar-refractivity contribution in [1.29, 1.82) is 0 Å². The van der Waals surface area contributed by atoms with Gasteiger partial charge in [0, 0.05) is 77.7 Å². The topological polar surface area (TPSA) is 153 Å². The molecule has 0 aromatic carbocycles. The van der Waals surface area contributed by atoms with Gasteiger partial charge in [0.15, 0.2) is 6.29 Å². The van der Waals surface area contributed by atoms with Gasteiger partial charge in [-0.15, -0.1) is 23.5 Å². The zero-order valence-electron chi connectivity index (χ0n) is 23.3. The second-order valence-electron chi connectivity index (χ2n) is 10.2. The molecule has 9 atom stereocenters. The van der Waals surface area contributed by atoms with Crippen LogP contribution in [0.3, 0.4) is 0 Å². The fourth-order valence-corrected chi connectivity index (χ4v) is 7.44. The summed E-state index contributed by atoms with van der Waals surface area (Å²) in [6.45, 7) is 5.48. The maximum atomic E-state index is 11.7. The molecular weight excluding hydrogens is 568 g/mol. The molecule has 228 valence electrons. The number of aliphatic hydroxyl groups is 1. The maximum Gasteiger partial charge on any atom is 0.302 e. The summed E-state index contributed by atoms with van der Waals surface area (Å²) >= 11 is 3.02. The quantitative estimate of drug-likeness (QED) is 0.270. The van der Waals surface area contributed by atoms with Crippen LogP contribution in [0, 0.1) is 0 Å². The van der Waals surface area contributed by atoms with Gasteiger partial charge in [-0.1, -0.05) is 0 Å². The predicted octanol–water partition coefficient (Wildman–Crippen LogP) is 2.32. The van der Waals surface area contributed by atoms with Crippen molar-refractivity contribution in [3.63, 3.8) is 0 Å². The summed E-state index contributed by atoms with van der Waals surface area (Å²) in [6, 6.07) is 0. The molecule has 3 aliphatic heterocycles. The summed E-state index contributed by atoms with van der Waals surface area (Å²) in [4.78, 5) is 45.9. The largest absolute Gasteiger partial charge is 0.463 e. The van der Waals surface area contributed by atoms with E-state index in [2.05, 4.69) is 0 Å². The molecule has 3 heterocycles. The van der Waals surface area contributed by atoms with Crippen LogP contribution in [0.1, 0.15) is 66.2 Å². The van der Waals surface area contributed by atoms with Gasteiger partial charge in [-0.3, -0.25) is 19.2 Å². The first-order valence-corrected chi connectivity index (χ1v) is 15.6. The second-order valence-corrected chi connectivity index (χ2v) is 12.6. The van der Waals surface area contributed by atoms with E-state index >= 15 is 0 Å². The normalized spacial score (nSPS) is 34.4. The van der Waals surface area contributed by atoms with Gasteiger partial charge in [-0.25, -0.2) is 0 Å². The fraction of sp³-hybridized carbons (Fsp3) is 0.846. The van der Waals surface area contributed by atoms with Crippen LogP contribution in [0.4, 0.5) is 0 Å². The minimum Gasteiger partial charge on any atom is -0.463 e. The van der Waals surface area contributed by atoms with E-state index in [9.17, 15) is 24.3 Å². The van der Waals surface area contributed by atoms with E-state index in [1.807, 2.05) is 0 Å². The minimum absolute atomic E-state index is 0.0770. The van der Waals surface area contributed by atoms with Crippen LogP contribution in [-0.4, -0.2) is 101 Å². The van der Waals surface area contributed by atoms with E-state index in [0.29, 0.717) is 43.6 Å². The van der Waals surface area contributed by atoms with Crippen molar-refractivity contribution in [1.82, 2.24) is 0 Å². The molecule has 0 radical (unpaired) electrons. The molecule has 3 aliphatic rings. The smallest absolute Gasteiger partial charge is 0.302 e. The lowest BCUT2D eigenvalue weighted by atomic mass is 10.1. The average Bonchev–Trinajstić information content (AvgIpc) is 2.83. The Morgan fingerprint density at radius 3 is 1.52 bits per heavy atom. The van der Waals surface area contributed by atoms with Gasteiger partial charge in [0.1, 0.15) is 35.8 Å². The monoisotopic (exact) mass is 608 g/mol. The SMILES string of the molecule is CC(=O)OCC1CC(OC(C)=O)CC(SCC2CC(OC(C)=O)CC(SCC3CC(OC(C)=O)CC(O)O3)O2)O1. The van der Waals surface area contributed by atoms with Crippen molar-refractivity contribution in [2.45, 2.75) is 120 Å². The lowest BCUT2D eigenvalue weighted by Crippen LogP contribution is -2.42. The summed E-state index contributed by atoms with van der Waals surface area (Å²) in [5, 5.41) is 10.0. The third-order valence-electron chi connectivity index (χ3n) is 6.40. The number of aliphatic hydroxyl groups excluding tert-OH is 1. The highest BCUT2D eigenvalue weighted by Crippen LogP contribution is 2.36. The van der Waals surface area contributed by atoms with Crippen LogP contribution in [0.5, 0.6) is 0 Å². The van der Waals surface area contributed by atoms with Crippen molar-refractivity contribution < 1.29 is 57.4 Å². The number of carbonyl (C=O) groups excluding carboxylic acids is 4. The Labute approximate surface area is 242 Å². The van der Waals surface area contributed by atoms with E-state index < -0.39 is 30.4 Å². The molecule has 3 rings (SSSR count). The predicted molar refractivity (Wildman–Crippen MR) is 144 cm³/mol. The average molecular weight is 609 g/mol. The second kappa shape index (κ2) is 16.2. The van der Waals surface area contributed by atoms with E-state index in [1.54, 1.807) is 0 Å². The molecule has 12 nitrogen and oxygen atoms in total. The Morgan fingerprint density at radius 1 is 0.625 bits per heavy atom. The van der Waals surface area contributed by atoms with Gasteiger partial charge >= 0.3 is 23.9 Å². The van der Waals surface area contributed by atoms with Crippen molar-refractivity contribution in [3.8, 4) is 0 Å². The molecule has 0 aromatic heterocycles. The van der Waals surface area contributed by atoms with Gasteiger partial charge in [-0.05, 0) is 0 Å². The first kappa shape index (κ1) is 32.9. The van der Waals surface area contributed by atoms with Crippen LogP contribution in [0.25, 0.3) is 0 Å². The Balaban J connectivity index is 1.55. The molecule has 3 fully saturated rings. The van der Waals surface area contributed by atoms with Crippen molar-refractivity contribution in [2.24, 2.45) is 0 Å². The van der Waals surface area contributed by atoms with E-state index in [-0.39, 0.29) is 60.3 Å². The third-order valence-corrected chi connectivity index (χ3v) is 8.88. The Morgan fingerprint density at radius 2 is 1.05 bits per heavy atom. The standard InChI is InChI=1S/C26H40O12S2/c1-14(27)32-11-21-5-19(34-16(3)29)9-25(37-21)40-13-23-7-20(35-17(4)30)10-26(38-23)39-12-22-6-18(33-15(2)28)8-24(31)36-22/h18-26,31H,5-13H2,1-4H3. The van der Waals surface area contributed by atoms with E-state index in [1.165, 1.54) is 51.2 Å². The fourth-order valence-electron chi connectivity index (χ4n) is 4.98. The molecule has 14 heteroatoms. The lowest BCUT2D eigenvalue weighted by molar-refractivity contribution is -0.194. The number of hydrogen-bond donors (Lipinski definition) is 1. The van der Waals surface area contributed by atoms with Gasteiger partial charge in [0.2, 0.25) is 0 Å². The van der Waals surface area contributed by atoms with Crippen molar-refractivity contribution >= 4 is 47.4 Å². The number of thioether (sulfide) groups is 2. The molecule has 0 saturated carbocycles. The molecular formula is C26H40O12S2. The van der Waals surface area contributed by atoms with Crippen molar-refractivity contribution in [3.05, 3.63) is 0 Å². The van der Waals surface area contributed by atoms with Gasteiger partial charge in [0.25, 0.3) is 0 Å². The number of ether oxygens (including phenoxy) is 7. The summed E-state index contributed by atoms with van der Waals surface area (Å²) in [7, 11) is 0. The van der Waals surface area contributed by atoms with Crippen LogP contribution in [-0.2, 0) is 52.3 Å². The first-order chi connectivity index (χ1) is 18.9. The Bertz CT molecular complexity index is 873. The van der Waals surface area contributed by atoms with Crippen LogP contribution in [0.2, 0.25) is 0 Å². The maximum absolute atomic E-state index is 11.7. The molecule has 1 N–H and O–H groups in total. The highest BCUT2D eigenvalue weighted by atomic mass is 32.2. The summed E-state index contributed by atoms with van der Waals surface area (Å²) in [5.41, 5.74) is -0.589. The minimum atomic E-state index is -1.01. The first-order valence-electron chi connectivity index (χ1n) is 13.5. The van der Waals surface area contributed by atoms with Crippen LogP contribution < -0.4 is 0 Å². The number of carbonyl (C=O) groups is 4. The van der Waals surface area contributed by atoms with E-state index in [0.717, 1.165) is 0 Å². The molecule has 0 aliphatic carbocycles. The highest BCUT2D eigenvalue weighted by molar-refractivity contribution is 8.00. The van der Waals surface area contributed by atoms with Gasteiger partial charge in [-0.2, -0.15) is 0 Å². The number of rotatable bonds is 11. The zero-order valence-corrected chi connectivity index (χ0v) is 24.9. The lowest BCUT2D eigenvalue weighted by Gasteiger charge is -2.38. The molecule has 40 heavy (non-hydrogen) atoms. The Hall–Kier alpha value is -1.58. The molecule has 0 spiro atoms. The summed E-state index contributed by atoms with van der Waals surface area (Å²) in [5.74, 6) is -0.509. The van der Waals surface area contributed by atoms with Crippen LogP contribution in [0.15, 0.2) is 0 Å². The number of esters is 4. The van der Waals surface area contributed by atoms with Gasteiger partial charge in [0.05, 0.1) is 18.3 Å². The van der Waals surface area contributed by atoms with Gasteiger partial charge < -0.3 is 38.3 Å². The summed E-state index contributed by atoms with van der Waals surface area (Å²) < 4.78 is 39.4. The molecule has 3 saturated heterocycles. The summed E-state index contributed by atoms with van der Waals surface area (Å²) in [6.07, 6.45) is -0.392. The molecule has 9 unspecified atom stereocenters. The molecule has 0 aromatic rings. The third kappa shape index (κ3) is 12.1. The van der Waals surface area contributed by atoms with Crippen LogP contribution >= 0.6 is 23.5 Å². The molecule has 0 amide bonds.